The fraction of sp³-hybridized carbons (Fsp3) is 0.300. The highest BCUT2D eigenvalue weighted by Gasteiger charge is 2.06. The first-order chi connectivity index (χ1) is 13.1. The second-order valence-electron chi connectivity index (χ2n) is 5.76. The maximum atomic E-state index is 12.1. The fourth-order valence-corrected chi connectivity index (χ4v) is 4.18. The zero-order chi connectivity index (χ0) is 19.5. The minimum absolute atomic E-state index is 0.0613. The van der Waals surface area contributed by atoms with Crippen LogP contribution in [0.5, 0.6) is 0 Å². The molecule has 0 saturated heterocycles. The van der Waals surface area contributed by atoms with Crippen LogP contribution in [-0.4, -0.2) is 35.3 Å². The average molecular weight is 403 g/mol. The number of hydrogen-bond donors (Lipinski definition) is 1. The molecule has 0 aliphatic rings. The predicted octanol–water partition coefficient (Wildman–Crippen LogP) is 3.57. The van der Waals surface area contributed by atoms with E-state index in [1.807, 2.05) is 36.4 Å². The van der Waals surface area contributed by atoms with Gasteiger partial charge in [-0.2, -0.15) is 5.26 Å². The number of anilines is 1. The van der Waals surface area contributed by atoms with Crippen molar-refractivity contribution in [1.82, 2.24) is 0 Å². The molecule has 2 aromatic rings. The first kappa shape index (κ1) is 21.2. The van der Waals surface area contributed by atoms with Gasteiger partial charge in [0.1, 0.15) is 0 Å². The minimum Gasteiger partial charge on any atom is -0.384 e. The molecule has 7 heteroatoms. The van der Waals surface area contributed by atoms with Crippen LogP contribution < -0.4 is 5.32 Å². The zero-order valence-electron chi connectivity index (χ0n) is 15.1. The summed E-state index contributed by atoms with van der Waals surface area (Å²) in [5, 5.41) is 11.7. The number of benzene rings is 2. The number of nitriles is 1. The summed E-state index contributed by atoms with van der Waals surface area (Å²) < 4.78 is 16.9. The van der Waals surface area contributed by atoms with Crippen LogP contribution in [0.1, 0.15) is 17.5 Å². The van der Waals surface area contributed by atoms with Crippen LogP contribution in [0.3, 0.4) is 0 Å². The molecule has 142 valence electrons. The lowest BCUT2D eigenvalue weighted by molar-refractivity contribution is -0.115. The van der Waals surface area contributed by atoms with Gasteiger partial charge in [-0.3, -0.25) is 9.00 Å². The van der Waals surface area contributed by atoms with Crippen molar-refractivity contribution in [3.63, 3.8) is 0 Å². The van der Waals surface area contributed by atoms with E-state index in [0.717, 1.165) is 10.5 Å². The molecule has 1 unspecified atom stereocenters. The topological polar surface area (TPSA) is 79.2 Å². The van der Waals surface area contributed by atoms with E-state index in [9.17, 15) is 9.00 Å². The van der Waals surface area contributed by atoms with Gasteiger partial charge in [0.15, 0.2) is 0 Å². The van der Waals surface area contributed by atoms with Crippen LogP contribution in [-0.2, 0) is 26.1 Å². The number of thioether (sulfide) groups is 1. The summed E-state index contributed by atoms with van der Waals surface area (Å²) in [4.78, 5) is 13.2. The Morgan fingerprint density at radius 3 is 2.74 bits per heavy atom. The molecule has 0 saturated carbocycles. The second-order valence-corrected chi connectivity index (χ2v) is 8.51. The van der Waals surface area contributed by atoms with Crippen LogP contribution in [0.2, 0.25) is 0 Å². The van der Waals surface area contributed by atoms with E-state index >= 15 is 0 Å². The van der Waals surface area contributed by atoms with E-state index in [0.29, 0.717) is 41.5 Å². The third-order valence-electron chi connectivity index (χ3n) is 3.63. The monoisotopic (exact) mass is 402 g/mol. The highest BCUT2D eigenvalue weighted by atomic mass is 32.2. The summed E-state index contributed by atoms with van der Waals surface area (Å²) in [6, 6.07) is 16.8. The lowest BCUT2D eigenvalue weighted by Crippen LogP contribution is -2.12. The predicted molar refractivity (Wildman–Crippen MR) is 110 cm³/mol. The van der Waals surface area contributed by atoms with Crippen molar-refractivity contribution in [2.24, 2.45) is 0 Å². The molecular weight excluding hydrogens is 380 g/mol. The van der Waals surface area contributed by atoms with E-state index in [1.54, 1.807) is 31.0 Å². The molecule has 0 aromatic heterocycles. The molecule has 0 fully saturated rings. The third-order valence-corrected chi connectivity index (χ3v) is 5.93. The Labute approximate surface area is 166 Å². The smallest absolute Gasteiger partial charge is 0.225 e. The standard InChI is InChI=1S/C20H22N2O3S2/c1-25-10-12-27(24)15-17-3-2-4-18(13-17)22-20(23)9-11-26-19-7-5-16(14-21)6-8-19/h2-8,13H,9-12,15H2,1H3,(H,22,23). The van der Waals surface area contributed by atoms with Crippen LogP contribution in [0.4, 0.5) is 5.69 Å². The Hall–Kier alpha value is -2.14. The molecule has 2 aromatic carbocycles. The Balaban J connectivity index is 1.78. The number of rotatable bonds is 10. The Bertz CT molecular complexity index is 817. The Morgan fingerprint density at radius 1 is 1.26 bits per heavy atom. The number of ether oxygens (including phenoxy) is 1. The van der Waals surface area contributed by atoms with Gasteiger partial charge < -0.3 is 10.1 Å². The van der Waals surface area contributed by atoms with Crippen molar-refractivity contribution in [3.8, 4) is 6.07 Å². The van der Waals surface area contributed by atoms with Gasteiger partial charge in [-0.05, 0) is 42.0 Å². The second kappa shape index (κ2) is 11.5. The fourth-order valence-electron chi connectivity index (χ4n) is 2.28. The first-order valence-corrected chi connectivity index (χ1v) is 10.9. The number of nitrogens with one attached hydrogen (secondary N) is 1. The number of nitrogens with zero attached hydrogens (tertiary/aromatic N) is 1. The van der Waals surface area contributed by atoms with Crippen molar-refractivity contribution in [2.45, 2.75) is 17.1 Å². The number of carbonyl (C=O) groups excluding carboxylic acids is 1. The van der Waals surface area contributed by atoms with Gasteiger partial charge in [-0.25, -0.2) is 0 Å². The van der Waals surface area contributed by atoms with Gasteiger partial charge in [-0.1, -0.05) is 12.1 Å². The number of amides is 1. The lowest BCUT2D eigenvalue weighted by atomic mass is 10.2. The summed E-state index contributed by atoms with van der Waals surface area (Å²) >= 11 is 1.58. The molecule has 0 heterocycles. The molecule has 5 nitrogen and oxygen atoms in total. The molecule has 0 aliphatic heterocycles. The van der Waals surface area contributed by atoms with Gasteiger partial charge in [0.05, 0.1) is 18.2 Å². The van der Waals surface area contributed by atoms with Crippen molar-refractivity contribution in [3.05, 3.63) is 59.7 Å². The highest BCUT2D eigenvalue weighted by Crippen LogP contribution is 2.19. The van der Waals surface area contributed by atoms with Crippen LogP contribution in [0, 0.1) is 11.3 Å². The van der Waals surface area contributed by atoms with Gasteiger partial charge in [0.2, 0.25) is 5.91 Å². The highest BCUT2D eigenvalue weighted by molar-refractivity contribution is 7.99. The van der Waals surface area contributed by atoms with E-state index < -0.39 is 10.8 Å². The van der Waals surface area contributed by atoms with E-state index in [1.165, 1.54) is 0 Å². The number of carbonyl (C=O) groups is 1. The van der Waals surface area contributed by atoms with Crippen molar-refractivity contribution < 1.29 is 13.7 Å². The number of hydrogen-bond acceptors (Lipinski definition) is 5. The first-order valence-electron chi connectivity index (χ1n) is 8.46. The number of methoxy groups -OCH3 is 1. The maximum Gasteiger partial charge on any atom is 0.225 e. The van der Waals surface area contributed by atoms with Gasteiger partial charge >= 0.3 is 0 Å². The van der Waals surface area contributed by atoms with Crippen molar-refractivity contribution in [2.75, 3.05) is 30.5 Å². The van der Waals surface area contributed by atoms with E-state index in [2.05, 4.69) is 11.4 Å². The summed E-state index contributed by atoms with van der Waals surface area (Å²) in [6.45, 7) is 0.472. The molecule has 27 heavy (non-hydrogen) atoms. The van der Waals surface area contributed by atoms with Crippen LogP contribution in [0.25, 0.3) is 0 Å². The molecule has 2 rings (SSSR count). The molecule has 1 amide bonds. The normalized spacial score (nSPS) is 11.6. The summed E-state index contributed by atoms with van der Waals surface area (Å²) in [5.41, 5.74) is 2.26. The van der Waals surface area contributed by atoms with Gasteiger partial charge in [0, 0.05) is 52.2 Å². The zero-order valence-corrected chi connectivity index (χ0v) is 16.8. The summed E-state index contributed by atoms with van der Waals surface area (Å²) in [5.74, 6) is 1.54. The van der Waals surface area contributed by atoms with Gasteiger partial charge in [-0.15, -0.1) is 11.8 Å². The molecule has 0 radical (unpaired) electrons. The molecule has 1 N–H and O–H groups in total. The van der Waals surface area contributed by atoms with E-state index in [-0.39, 0.29) is 5.91 Å². The van der Waals surface area contributed by atoms with E-state index in [4.69, 9.17) is 10.00 Å². The quantitative estimate of drug-likeness (QED) is 0.615. The van der Waals surface area contributed by atoms with Crippen molar-refractivity contribution in [1.29, 1.82) is 5.26 Å². The average Bonchev–Trinajstić information content (AvgIpc) is 2.67. The lowest BCUT2D eigenvalue weighted by Gasteiger charge is -2.08. The largest absolute Gasteiger partial charge is 0.384 e. The third kappa shape index (κ3) is 7.95. The summed E-state index contributed by atoms with van der Waals surface area (Å²) in [6.07, 6.45) is 0.384. The maximum absolute atomic E-state index is 12.1. The van der Waals surface area contributed by atoms with Crippen LogP contribution in [0.15, 0.2) is 53.4 Å². The van der Waals surface area contributed by atoms with Crippen molar-refractivity contribution >= 4 is 34.2 Å². The molecule has 1 atom stereocenters. The molecule has 0 aliphatic carbocycles. The molecular formula is C20H22N2O3S2. The molecule has 0 bridgehead atoms. The Kier molecular flexibility index (Phi) is 9.05. The minimum atomic E-state index is -0.982. The SMILES string of the molecule is COCCS(=O)Cc1cccc(NC(=O)CCSc2ccc(C#N)cc2)c1. The summed E-state index contributed by atoms with van der Waals surface area (Å²) in [7, 11) is 0.609. The molecule has 0 spiro atoms. The Morgan fingerprint density at radius 2 is 2.04 bits per heavy atom. The van der Waals surface area contributed by atoms with Crippen LogP contribution >= 0.6 is 11.8 Å². The van der Waals surface area contributed by atoms with Gasteiger partial charge in [0.25, 0.3) is 0 Å².